The smallest absolute Gasteiger partial charge is 0.261 e. The van der Waals surface area contributed by atoms with Gasteiger partial charge in [-0.25, -0.2) is 12.8 Å². The maximum Gasteiger partial charge on any atom is 0.261 e. The molecule has 1 fully saturated rings. The maximum atomic E-state index is 13.5. The van der Waals surface area contributed by atoms with Gasteiger partial charge in [-0.2, -0.15) is 0 Å². The van der Waals surface area contributed by atoms with Crippen LogP contribution in [0.2, 0.25) is 0 Å². The normalized spacial score (nSPS) is 16.9. The molecule has 0 radical (unpaired) electrons. The molecular weight excluding hydrogens is 255 g/mol. The molecule has 2 rings (SSSR count). The molecule has 3 nitrogen and oxygen atoms in total. The van der Waals surface area contributed by atoms with E-state index in [0.29, 0.717) is 0 Å². The van der Waals surface area contributed by atoms with Gasteiger partial charge in [-0.1, -0.05) is 0 Å². The van der Waals surface area contributed by atoms with Crippen LogP contribution in [0.5, 0.6) is 5.75 Å². The summed E-state index contributed by atoms with van der Waals surface area (Å²) in [5, 5.41) is 0. The zero-order chi connectivity index (χ0) is 11.8. The van der Waals surface area contributed by atoms with Gasteiger partial charge in [0.2, 0.25) is 0 Å². The lowest BCUT2D eigenvalue weighted by Crippen LogP contribution is -2.24. The van der Waals surface area contributed by atoms with E-state index in [1.54, 1.807) is 0 Å². The molecule has 16 heavy (non-hydrogen) atoms. The molecule has 0 N–H and O–H groups in total. The van der Waals surface area contributed by atoms with Crippen LogP contribution in [0.25, 0.3) is 0 Å². The van der Waals surface area contributed by atoms with Gasteiger partial charge in [0, 0.05) is 10.7 Å². The lowest BCUT2D eigenvalue weighted by molar-refractivity contribution is 0.115. The van der Waals surface area contributed by atoms with Crippen LogP contribution in [-0.4, -0.2) is 14.5 Å². The van der Waals surface area contributed by atoms with E-state index in [9.17, 15) is 12.8 Å². The van der Waals surface area contributed by atoms with Crippen LogP contribution in [0.15, 0.2) is 23.1 Å². The van der Waals surface area contributed by atoms with Crippen molar-refractivity contribution in [1.82, 2.24) is 0 Å². The van der Waals surface area contributed by atoms with Crippen molar-refractivity contribution in [3.05, 3.63) is 24.0 Å². The van der Waals surface area contributed by atoms with E-state index in [4.69, 9.17) is 15.4 Å². The lowest BCUT2D eigenvalue weighted by atomic mass is 9.96. The molecule has 88 valence electrons. The van der Waals surface area contributed by atoms with Gasteiger partial charge in [0.25, 0.3) is 9.05 Å². The highest BCUT2D eigenvalue weighted by atomic mass is 35.7. The highest BCUT2D eigenvalue weighted by Gasteiger charge is 2.21. The predicted octanol–water partition coefficient (Wildman–Crippen LogP) is 2.68. The molecule has 0 aromatic heterocycles. The van der Waals surface area contributed by atoms with E-state index in [-0.39, 0.29) is 16.7 Å². The summed E-state index contributed by atoms with van der Waals surface area (Å²) < 4.78 is 40.7. The molecule has 0 amide bonds. The Kier molecular flexibility index (Phi) is 3.08. The number of hydrogen-bond donors (Lipinski definition) is 0. The summed E-state index contributed by atoms with van der Waals surface area (Å²) in [6.07, 6.45) is 2.96. The molecule has 1 aliphatic rings. The Morgan fingerprint density at radius 1 is 1.38 bits per heavy atom. The topological polar surface area (TPSA) is 43.4 Å². The minimum absolute atomic E-state index is 0.0490. The Labute approximate surface area is 97.6 Å². The molecule has 0 heterocycles. The third kappa shape index (κ3) is 2.47. The zero-order valence-electron chi connectivity index (χ0n) is 8.32. The van der Waals surface area contributed by atoms with E-state index in [1.165, 1.54) is 12.1 Å². The summed E-state index contributed by atoms with van der Waals surface area (Å²) in [4.78, 5) is -0.257. The number of hydrogen-bond acceptors (Lipinski definition) is 3. The standard InChI is InChI=1S/C10H10ClFO3S/c11-16(13,14)8-4-5-10(9(12)6-8)15-7-2-1-3-7/h4-7H,1-3H2. The Morgan fingerprint density at radius 3 is 2.50 bits per heavy atom. The fourth-order valence-electron chi connectivity index (χ4n) is 1.40. The SMILES string of the molecule is O=S(=O)(Cl)c1ccc(OC2CCC2)c(F)c1. The molecule has 0 atom stereocenters. The monoisotopic (exact) mass is 264 g/mol. The van der Waals surface area contributed by atoms with Crippen molar-refractivity contribution >= 4 is 19.7 Å². The fraction of sp³-hybridized carbons (Fsp3) is 0.400. The van der Waals surface area contributed by atoms with Crippen molar-refractivity contribution < 1.29 is 17.5 Å². The molecule has 1 aliphatic carbocycles. The van der Waals surface area contributed by atoms with Crippen molar-refractivity contribution in [3.8, 4) is 5.75 Å². The van der Waals surface area contributed by atoms with E-state index in [2.05, 4.69) is 0 Å². The first-order valence-electron chi connectivity index (χ1n) is 4.88. The molecule has 6 heteroatoms. The summed E-state index contributed by atoms with van der Waals surface area (Å²) >= 11 is 0. The van der Waals surface area contributed by atoms with E-state index >= 15 is 0 Å². The second-order valence-electron chi connectivity index (χ2n) is 3.70. The van der Waals surface area contributed by atoms with Crippen LogP contribution in [0, 0.1) is 5.82 Å². The average molecular weight is 265 g/mol. The molecule has 0 bridgehead atoms. The average Bonchev–Trinajstić information content (AvgIpc) is 2.11. The summed E-state index contributed by atoms with van der Waals surface area (Å²) in [6, 6.07) is 3.40. The summed E-state index contributed by atoms with van der Waals surface area (Å²) in [6.45, 7) is 0. The number of rotatable bonds is 3. The molecule has 0 spiro atoms. The third-order valence-corrected chi connectivity index (χ3v) is 3.88. The van der Waals surface area contributed by atoms with Gasteiger partial charge in [-0.15, -0.1) is 0 Å². The predicted molar refractivity (Wildman–Crippen MR) is 57.7 cm³/mol. The Bertz CT molecular complexity index is 497. The maximum absolute atomic E-state index is 13.5. The number of ether oxygens (including phenoxy) is 1. The largest absolute Gasteiger partial charge is 0.487 e. The van der Waals surface area contributed by atoms with E-state index in [1.807, 2.05) is 0 Å². The quantitative estimate of drug-likeness (QED) is 0.789. The molecule has 1 aromatic carbocycles. The highest BCUT2D eigenvalue weighted by Crippen LogP contribution is 2.28. The first kappa shape index (κ1) is 11.7. The van der Waals surface area contributed by atoms with Crippen LogP contribution in [0.3, 0.4) is 0 Å². The first-order valence-corrected chi connectivity index (χ1v) is 7.18. The van der Waals surface area contributed by atoms with Crippen molar-refractivity contribution in [3.63, 3.8) is 0 Å². The molecule has 0 saturated heterocycles. The van der Waals surface area contributed by atoms with Gasteiger partial charge in [0.15, 0.2) is 11.6 Å². The van der Waals surface area contributed by atoms with Gasteiger partial charge >= 0.3 is 0 Å². The van der Waals surface area contributed by atoms with Crippen molar-refractivity contribution in [2.45, 2.75) is 30.3 Å². The van der Waals surface area contributed by atoms with E-state index in [0.717, 1.165) is 25.3 Å². The summed E-state index contributed by atoms with van der Waals surface area (Å²) in [5.41, 5.74) is 0. The minimum atomic E-state index is -3.89. The van der Waals surface area contributed by atoms with Gasteiger partial charge in [0.1, 0.15) is 0 Å². The molecule has 1 saturated carbocycles. The van der Waals surface area contributed by atoms with Crippen LogP contribution < -0.4 is 4.74 Å². The van der Waals surface area contributed by atoms with Gasteiger partial charge in [-0.3, -0.25) is 0 Å². The lowest BCUT2D eigenvalue weighted by Gasteiger charge is -2.26. The van der Waals surface area contributed by atoms with Crippen LogP contribution >= 0.6 is 10.7 Å². The Morgan fingerprint density at radius 2 is 2.06 bits per heavy atom. The van der Waals surface area contributed by atoms with Gasteiger partial charge in [0.05, 0.1) is 11.0 Å². The molecular formula is C10H10ClFO3S. The van der Waals surface area contributed by atoms with Crippen molar-refractivity contribution in [2.75, 3.05) is 0 Å². The number of halogens is 2. The van der Waals surface area contributed by atoms with Crippen LogP contribution in [-0.2, 0) is 9.05 Å². The fourth-order valence-corrected chi connectivity index (χ4v) is 2.16. The summed E-state index contributed by atoms with van der Waals surface area (Å²) in [7, 11) is 1.21. The minimum Gasteiger partial charge on any atom is -0.487 e. The van der Waals surface area contributed by atoms with Crippen molar-refractivity contribution in [1.29, 1.82) is 0 Å². The molecule has 0 aliphatic heterocycles. The second kappa shape index (κ2) is 4.22. The zero-order valence-corrected chi connectivity index (χ0v) is 9.89. The Balaban J connectivity index is 2.22. The van der Waals surface area contributed by atoms with Gasteiger partial charge < -0.3 is 4.74 Å². The van der Waals surface area contributed by atoms with Crippen molar-refractivity contribution in [2.24, 2.45) is 0 Å². The summed E-state index contributed by atoms with van der Waals surface area (Å²) in [5.74, 6) is -0.623. The molecule has 0 unspecified atom stereocenters. The second-order valence-corrected chi connectivity index (χ2v) is 6.27. The van der Waals surface area contributed by atoms with Crippen LogP contribution in [0.4, 0.5) is 4.39 Å². The molecule has 1 aromatic rings. The third-order valence-electron chi connectivity index (χ3n) is 2.53. The highest BCUT2D eigenvalue weighted by molar-refractivity contribution is 8.13. The van der Waals surface area contributed by atoms with Crippen LogP contribution in [0.1, 0.15) is 19.3 Å². The van der Waals surface area contributed by atoms with E-state index < -0.39 is 14.9 Å². The first-order chi connectivity index (χ1) is 7.47. The Hall–Kier alpha value is -0.810. The number of benzene rings is 1. The van der Waals surface area contributed by atoms with Gasteiger partial charge in [-0.05, 0) is 37.5 Å².